The van der Waals surface area contributed by atoms with E-state index in [9.17, 15) is 13.2 Å². The minimum absolute atomic E-state index is 0.125. The summed E-state index contributed by atoms with van der Waals surface area (Å²) in [4.78, 5) is 7.73. The molecular weight excluding hydrogens is 319 g/mol. The normalized spacial score (nSPS) is 11.5. The molecule has 0 amide bonds. The molecule has 8 heteroatoms. The molecule has 1 N–H and O–H groups in total. The van der Waals surface area contributed by atoms with Crippen molar-refractivity contribution < 1.29 is 17.9 Å². The van der Waals surface area contributed by atoms with Gasteiger partial charge in [-0.3, -0.25) is 0 Å². The van der Waals surface area contributed by atoms with Crippen LogP contribution in [0, 0.1) is 0 Å². The summed E-state index contributed by atoms with van der Waals surface area (Å²) in [5.41, 5.74) is 1.40. The van der Waals surface area contributed by atoms with Gasteiger partial charge in [0, 0.05) is 30.1 Å². The summed E-state index contributed by atoms with van der Waals surface area (Å²) in [6.45, 7) is 0.378. The van der Waals surface area contributed by atoms with Crippen molar-refractivity contribution in [2.24, 2.45) is 0 Å². The Morgan fingerprint density at radius 2 is 1.95 bits per heavy atom. The minimum atomic E-state index is -4.35. The molecule has 0 atom stereocenters. The van der Waals surface area contributed by atoms with Crippen LogP contribution >= 0.6 is 11.6 Å². The van der Waals surface area contributed by atoms with Crippen LogP contribution in [-0.4, -0.2) is 23.3 Å². The van der Waals surface area contributed by atoms with E-state index in [4.69, 9.17) is 16.3 Å². The smallest absolute Gasteiger partial charge is 0.380 e. The second-order valence-corrected chi connectivity index (χ2v) is 4.87. The number of para-hydroxylation sites is 1. The molecule has 2 rings (SSSR count). The zero-order valence-electron chi connectivity index (χ0n) is 11.6. The van der Waals surface area contributed by atoms with Crippen LogP contribution in [0.25, 0.3) is 0 Å². The highest BCUT2D eigenvalue weighted by Gasteiger charge is 2.29. The molecule has 0 spiro atoms. The van der Waals surface area contributed by atoms with Gasteiger partial charge in [0.15, 0.2) is 0 Å². The first-order valence-electron chi connectivity index (χ1n) is 6.31. The van der Waals surface area contributed by atoms with Gasteiger partial charge in [0.1, 0.15) is 5.15 Å². The molecule has 1 aromatic heterocycles. The fourth-order valence-electron chi connectivity index (χ4n) is 1.82. The van der Waals surface area contributed by atoms with Gasteiger partial charge in [-0.25, -0.2) is 9.97 Å². The van der Waals surface area contributed by atoms with Gasteiger partial charge in [-0.15, -0.1) is 0 Å². The number of nitrogens with zero attached hydrogens (tertiary/aromatic N) is 2. The molecule has 1 heterocycles. The van der Waals surface area contributed by atoms with E-state index >= 15 is 0 Å². The SMILES string of the molecule is COCc1ccccc1Nc1ncc(CC(F)(F)F)c(Cl)n1. The van der Waals surface area contributed by atoms with Gasteiger partial charge in [-0.1, -0.05) is 29.8 Å². The van der Waals surface area contributed by atoms with Gasteiger partial charge >= 0.3 is 6.18 Å². The predicted octanol–water partition coefficient (Wildman–Crippen LogP) is 4.12. The Balaban J connectivity index is 2.19. The van der Waals surface area contributed by atoms with Crippen LogP contribution in [-0.2, 0) is 17.8 Å². The Morgan fingerprint density at radius 1 is 1.23 bits per heavy atom. The summed E-state index contributed by atoms with van der Waals surface area (Å²) in [6, 6.07) is 7.29. The first-order valence-corrected chi connectivity index (χ1v) is 6.69. The number of hydrogen-bond donors (Lipinski definition) is 1. The van der Waals surface area contributed by atoms with Crippen molar-refractivity contribution in [2.45, 2.75) is 19.2 Å². The van der Waals surface area contributed by atoms with E-state index in [1.165, 1.54) is 0 Å². The van der Waals surface area contributed by atoms with Crippen molar-refractivity contribution in [3.63, 3.8) is 0 Å². The number of alkyl halides is 3. The fraction of sp³-hybridized carbons (Fsp3) is 0.286. The zero-order valence-corrected chi connectivity index (χ0v) is 12.4. The van der Waals surface area contributed by atoms with Crippen molar-refractivity contribution in [1.82, 2.24) is 9.97 Å². The summed E-state index contributed by atoms with van der Waals surface area (Å²) < 4.78 is 42.2. The number of anilines is 2. The summed E-state index contributed by atoms with van der Waals surface area (Å²) in [5, 5.41) is 2.70. The number of benzene rings is 1. The lowest BCUT2D eigenvalue weighted by Crippen LogP contribution is -2.13. The third-order valence-electron chi connectivity index (χ3n) is 2.77. The molecule has 0 bridgehead atoms. The molecule has 0 fully saturated rings. The highest BCUT2D eigenvalue weighted by atomic mass is 35.5. The van der Waals surface area contributed by atoms with Crippen LogP contribution in [0.4, 0.5) is 24.8 Å². The fourth-order valence-corrected chi connectivity index (χ4v) is 2.02. The van der Waals surface area contributed by atoms with E-state index in [0.29, 0.717) is 12.3 Å². The largest absolute Gasteiger partial charge is 0.393 e. The summed E-state index contributed by atoms with van der Waals surface area (Å²) >= 11 is 5.79. The first-order chi connectivity index (χ1) is 10.4. The van der Waals surface area contributed by atoms with Crippen LogP contribution in [0.3, 0.4) is 0 Å². The van der Waals surface area contributed by atoms with Gasteiger partial charge < -0.3 is 10.1 Å². The Kier molecular flexibility index (Phi) is 5.20. The van der Waals surface area contributed by atoms with E-state index in [1.807, 2.05) is 12.1 Å². The van der Waals surface area contributed by atoms with Crippen molar-refractivity contribution in [3.8, 4) is 0 Å². The number of nitrogens with one attached hydrogen (secondary N) is 1. The van der Waals surface area contributed by atoms with Crippen molar-refractivity contribution >= 4 is 23.2 Å². The monoisotopic (exact) mass is 331 g/mol. The number of ether oxygens (including phenoxy) is 1. The summed E-state index contributed by atoms with van der Waals surface area (Å²) in [7, 11) is 1.57. The molecule has 0 unspecified atom stereocenters. The van der Waals surface area contributed by atoms with Crippen LogP contribution in [0.5, 0.6) is 0 Å². The van der Waals surface area contributed by atoms with E-state index in [1.54, 1.807) is 19.2 Å². The molecule has 22 heavy (non-hydrogen) atoms. The Morgan fingerprint density at radius 3 is 2.59 bits per heavy atom. The van der Waals surface area contributed by atoms with Crippen LogP contribution in [0.15, 0.2) is 30.5 Å². The van der Waals surface area contributed by atoms with E-state index < -0.39 is 12.6 Å². The van der Waals surface area contributed by atoms with E-state index in [2.05, 4.69) is 15.3 Å². The lowest BCUT2D eigenvalue weighted by molar-refractivity contribution is -0.127. The number of aromatic nitrogens is 2. The second-order valence-electron chi connectivity index (χ2n) is 4.52. The maximum absolute atomic E-state index is 12.4. The second kappa shape index (κ2) is 6.93. The highest BCUT2D eigenvalue weighted by molar-refractivity contribution is 6.30. The van der Waals surface area contributed by atoms with Gasteiger partial charge in [-0.2, -0.15) is 13.2 Å². The number of methoxy groups -OCH3 is 1. The van der Waals surface area contributed by atoms with Gasteiger partial charge in [0.2, 0.25) is 5.95 Å². The van der Waals surface area contributed by atoms with Crippen molar-refractivity contribution in [3.05, 3.63) is 46.7 Å². The van der Waals surface area contributed by atoms with Gasteiger partial charge in [-0.05, 0) is 6.07 Å². The number of hydrogen-bond acceptors (Lipinski definition) is 4. The molecular formula is C14H13ClF3N3O. The van der Waals surface area contributed by atoms with Crippen LogP contribution in [0.2, 0.25) is 5.15 Å². The van der Waals surface area contributed by atoms with Crippen LogP contribution < -0.4 is 5.32 Å². The number of halogens is 4. The molecule has 0 aliphatic heterocycles. The standard InChI is InChI=1S/C14H13ClF3N3O/c1-22-8-9-4-2-3-5-11(9)20-13-19-7-10(12(15)21-13)6-14(16,17)18/h2-5,7H,6,8H2,1H3,(H,19,20,21). The Labute approximate surface area is 130 Å². The molecule has 0 saturated heterocycles. The van der Waals surface area contributed by atoms with Gasteiger partial charge in [0.25, 0.3) is 0 Å². The molecule has 118 valence electrons. The minimum Gasteiger partial charge on any atom is -0.380 e. The maximum atomic E-state index is 12.4. The average molecular weight is 332 g/mol. The topological polar surface area (TPSA) is 47.0 Å². The quantitative estimate of drug-likeness (QED) is 0.837. The van der Waals surface area contributed by atoms with Crippen molar-refractivity contribution in [1.29, 1.82) is 0 Å². The molecule has 1 aromatic carbocycles. The molecule has 0 aliphatic carbocycles. The highest BCUT2D eigenvalue weighted by Crippen LogP contribution is 2.26. The molecule has 0 saturated carbocycles. The summed E-state index contributed by atoms with van der Waals surface area (Å²) in [5.74, 6) is 0.125. The molecule has 0 aliphatic rings. The van der Waals surface area contributed by atoms with E-state index in [-0.39, 0.29) is 16.7 Å². The zero-order chi connectivity index (χ0) is 16.2. The average Bonchev–Trinajstić information content (AvgIpc) is 2.43. The molecule has 0 radical (unpaired) electrons. The third-order valence-corrected chi connectivity index (χ3v) is 3.09. The Hall–Kier alpha value is -1.86. The van der Waals surface area contributed by atoms with E-state index in [0.717, 1.165) is 11.8 Å². The molecule has 4 nitrogen and oxygen atoms in total. The lowest BCUT2D eigenvalue weighted by atomic mass is 10.2. The predicted molar refractivity (Wildman–Crippen MR) is 77.2 cm³/mol. The van der Waals surface area contributed by atoms with Crippen molar-refractivity contribution in [2.75, 3.05) is 12.4 Å². The Bertz CT molecular complexity index is 649. The summed E-state index contributed by atoms with van der Waals surface area (Å²) in [6.07, 6.45) is -4.44. The lowest BCUT2D eigenvalue weighted by Gasteiger charge is -2.12. The van der Waals surface area contributed by atoms with Gasteiger partial charge in [0.05, 0.1) is 13.0 Å². The maximum Gasteiger partial charge on any atom is 0.393 e. The first kappa shape index (κ1) is 16.5. The van der Waals surface area contributed by atoms with Crippen LogP contribution in [0.1, 0.15) is 11.1 Å². The molecule has 2 aromatic rings. The third kappa shape index (κ3) is 4.57. The number of rotatable bonds is 5.